The highest BCUT2D eigenvalue weighted by Gasteiger charge is 2.51. The van der Waals surface area contributed by atoms with Crippen LogP contribution in [0.2, 0.25) is 0 Å². The number of aryl methyl sites for hydroxylation is 1. The topological polar surface area (TPSA) is 232 Å². The van der Waals surface area contributed by atoms with Crippen LogP contribution in [0.25, 0.3) is 0 Å². The predicted molar refractivity (Wildman–Crippen MR) is 177 cm³/mol. The van der Waals surface area contributed by atoms with E-state index in [-0.39, 0.29) is 36.2 Å². The summed E-state index contributed by atoms with van der Waals surface area (Å²) in [6.07, 6.45) is 6.47. The van der Waals surface area contributed by atoms with Gasteiger partial charge in [-0.05, 0) is 70.3 Å². The van der Waals surface area contributed by atoms with Crippen molar-refractivity contribution in [2.75, 3.05) is 13.1 Å². The van der Waals surface area contributed by atoms with Gasteiger partial charge in [0.1, 0.15) is 24.2 Å². The van der Waals surface area contributed by atoms with Gasteiger partial charge in [-0.2, -0.15) is 0 Å². The fourth-order valence-electron chi connectivity index (χ4n) is 7.18. The lowest BCUT2D eigenvalue weighted by molar-refractivity contribution is -0.149. The van der Waals surface area contributed by atoms with Crippen molar-refractivity contribution in [3.63, 3.8) is 0 Å². The molecule has 1 aliphatic carbocycles. The standard InChI is InChI=1S/C33H51N9O5/c1-19-11-13-21(14-12-19)17-24(28(35)43)40-29(44)20(2)39-30(45)26-10-6-16-41(26)32(47)27-18-22-7-3-4-9-25(22)42(27)31(46)23(34)8-5-15-38-33(36)37/h11-14,20,22-27H,3-10,15-18,34H2,1-2H3,(H2,35,43)(H,39,45)(H,40,44)(H4,36,37,38)/t20-,22+,23-,24+,25+,26+,27+/m1/s1. The lowest BCUT2D eigenvalue weighted by Crippen LogP contribution is -2.58. The van der Waals surface area contributed by atoms with Crippen molar-refractivity contribution in [3.05, 3.63) is 35.4 Å². The smallest absolute Gasteiger partial charge is 0.246 e. The van der Waals surface area contributed by atoms with Crippen molar-refractivity contribution >= 4 is 35.5 Å². The van der Waals surface area contributed by atoms with Crippen molar-refractivity contribution in [2.24, 2.45) is 33.8 Å². The molecule has 2 aliphatic heterocycles. The number of carbonyl (C=O) groups excluding carboxylic acids is 5. The monoisotopic (exact) mass is 653 g/mol. The Morgan fingerprint density at radius 1 is 0.957 bits per heavy atom. The van der Waals surface area contributed by atoms with Crippen LogP contribution < -0.4 is 33.6 Å². The zero-order valence-electron chi connectivity index (χ0n) is 27.5. The number of hydrogen-bond donors (Lipinski definition) is 6. The van der Waals surface area contributed by atoms with Crippen LogP contribution in [0, 0.1) is 12.8 Å². The number of fused-ring (bicyclic) bond motifs is 1. The Hall–Kier alpha value is -4.20. The maximum Gasteiger partial charge on any atom is 0.246 e. The van der Waals surface area contributed by atoms with Gasteiger partial charge in [-0.25, -0.2) is 0 Å². The molecule has 14 heteroatoms. The maximum absolute atomic E-state index is 14.1. The number of carbonyl (C=O) groups is 5. The molecule has 2 saturated heterocycles. The number of primary amides is 1. The number of hydrogen-bond acceptors (Lipinski definition) is 7. The van der Waals surface area contributed by atoms with E-state index in [1.54, 1.807) is 9.80 Å². The summed E-state index contributed by atoms with van der Waals surface area (Å²) in [5.74, 6) is -2.05. The summed E-state index contributed by atoms with van der Waals surface area (Å²) >= 11 is 0. The Morgan fingerprint density at radius 2 is 1.66 bits per heavy atom. The first-order valence-electron chi connectivity index (χ1n) is 16.8. The van der Waals surface area contributed by atoms with Gasteiger partial charge in [0.25, 0.3) is 0 Å². The SMILES string of the molecule is Cc1ccc(C[C@H](NC(=O)[C@@H](C)NC(=O)[C@@H]2CCCN2C(=O)[C@@H]2C[C@@H]3CCCC[C@@H]3N2C(=O)[C@H](N)CCCN=C(N)N)C(N)=O)cc1. The van der Waals surface area contributed by atoms with E-state index >= 15 is 0 Å². The lowest BCUT2D eigenvalue weighted by Gasteiger charge is -2.37. The molecular weight excluding hydrogens is 602 g/mol. The van der Waals surface area contributed by atoms with Gasteiger partial charge in [0.15, 0.2) is 5.96 Å². The van der Waals surface area contributed by atoms with E-state index in [0.717, 1.165) is 36.8 Å². The normalized spacial score (nSPS) is 24.1. The Kier molecular flexibility index (Phi) is 12.2. The van der Waals surface area contributed by atoms with Crippen LogP contribution in [0.4, 0.5) is 0 Å². The number of amides is 5. The first-order valence-corrected chi connectivity index (χ1v) is 16.8. The van der Waals surface area contributed by atoms with Crippen molar-refractivity contribution in [1.82, 2.24) is 20.4 Å². The van der Waals surface area contributed by atoms with Gasteiger partial charge in [0.05, 0.1) is 6.04 Å². The van der Waals surface area contributed by atoms with E-state index < -0.39 is 47.9 Å². The van der Waals surface area contributed by atoms with Crippen molar-refractivity contribution in [2.45, 2.75) is 114 Å². The summed E-state index contributed by atoms with van der Waals surface area (Å²) in [7, 11) is 0. The molecule has 2 heterocycles. The minimum atomic E-state index is -0.982. The van der Waals surface area contributed by atoms with Crippen LogP contribution in [0.15, 0.2) is 29.3 Å². The minimum Gasteiger partial charge on any atom is -0.370 e. The minimum absolute atomic E-state index is 0.0210. The predicted octanol–water partition coefficient (Wildman–Crippen LogP) is -0.456. The second kappa shape index (κ2) is 16.1. The van der Waals surface area contributed by atoms with Gasteiger partial charge in [0, 0.05) is 25.6 Å². The lowest BCUT2D eigenvalue weighted by atomic mass is 9.84. The van der Waals surface area contributed by atoms with E-state index in [1.165, 1.54) is 6.92 Å². The van der Waals surface area contributed by atoms with Gasteiger partial charge in [-0.1, -0.05) is 42.7 Å². The van der Waals surface area contributed by atoms with Crippen LogP contribution in [0.5, 0.6) is 0 Å². The first kappa shape index (κ1) is 35.7. The van der Waals surface area contributed by atoms with E-state index in [0.29, 0.717) is 45.2 Å². The second-order valence-electron chi connectivity index (χ2n) is 13.2. The number of benzene rings is 1. The van der Waals surface area contributed by atoms with E-state index in [2.05, 4.69) is 15.6 Å². The quantitative estimate of drug-likeness (QED) is 0.0924. The van der Waals surface area contributed by atoms with E-state index in [9.17, 15) is 24.0 Å². The third-order valence-electron chi connectivity index (χ3n) is 9.72. The molecule has 3 aliphatic rings. The molecular formula is C33H51N9O5. The van der Waals surface area contributed by atoms with E-state index in [1.807, 2.05) is 31.2 Å². The van der Waals surface area contributed by atoms with Crippen molar-refractivity contribution < 1.29 is 24.0 Å². The highest BCUT2D eigenvalue weighted by molar-refractivity contribution is 5.96. The molecule has 5 amide bonds. The van der Waals surface area contributed by atoms with Gasteiger partial charge in [-0.15, -0.1) is 0 Å². The zero-order valence-corrected chi connectivity index (χ0v) is 27.5. The Morgan fingerprint density at radius 3 is 2.34 bits per heavy atom. The maximum atomic E-state index is 14.1. The largest absolute Gasteiger partial charge is 0.370 e. The number of nitrogens with one attached hydrogen (secondary N) is 2. The highest BCUT2D eigenvalue weighted by Crippen LogP contribution is 2.41. The molecule has 1 aromatic rings. The van der Waals surface area contributed by atoms with Gasteiger partial charge < -0.3 is 43.4 Å². The molecule has 4 rings (SSSR count). The van der Waals surface area contributed by atoms with Gasteiger partial charge in [-0.3, -0.25) is 29.0 Å². The van der Waals surface area contributed by atoms with Crippen LogP contribution >= 0.6 is 0 Å². The number of likely N-dealkylation sites (tertiary alicyclic amines) is 2. The molecule has 1 aromatic carbocycles. The Bertz CT molecular complexity index is 1330. The highest BCUT2D eigenvalue weighted by atomic mass is 16.2. The summed E-state index contributed by atoms with van der Waals surface area (Å²) in [6, 6.07) is 3.26. The molecule has 0 spiro atoms. The summed E-state index contributed by atoms with van der Waals surface area (Å²) < 4.78 is 0. The summed E-state index contributed by atoms with van der Waals surface area (Å²) in [6.45, 7) is 4.20. The average Bonchev–Trinajstić information content (AvgIpc) is 3.68. The number of guanidine groups is 1. The zero-order chi connectivity index (χ0) is 34.2. The summed E-state index contributed by atoms with van der Waals surface area (Å²) in [4.78, 5) is 73.8. The number of aliphatic imine (C=N–C) groups is 1. The van der Waals surface area contributed by atoms with Crippen molar-refractivity contribution in [3.8, 4) is 0 Å². The third kappa shape index (κ3) is 8.99. The molecule has 1 saturated carbocycles. The molecule has 47 heavy (non-hydrogen) atoms. The fraction of sp³-hybridized carbons (Fsp3) is 0.636. The molecule has 3 fully saturated rings. The Balaban J connectivity index is 1.40. The number of nitrogens with zero attached hydrogens (tertiary/aromatic N) is 3. The molecule has 0 radical (unpaired) electrons. The fourth-order valence-corrected chi connectivity index (χ4v) is 7.18. The molecule has 0 aromatic heterocycles. The summed E-state index contributed by atoms with van der Waals surface area (Å²) in [5.41, 5.74) is 24.6. The third-order valence-corrected chi connectivity index (χ3v) is 9.72. The molecule has 0 bridgehead atoms. The van der Waals surface area contributed by atoms with Crippen LogP contribution in [0.3, 0.4) is 0 Å². The van der Waals surface area contributed by atoms with Crippen LogP contribution in [-0.4, -0.2) is 94.6 Å². The molecule has 14 nitrogen and oxygen atoms in total. The average molecular weight is 654 g/mol. The molecule has 258 valence electrons. The number of rotatable bonds is 13. The van der Waals surface area contributed by atoms with Gasteiger partial charge >= 0.3 is 0 Å². The first-order chi connectivity index (χ1) is 22.4. The second-order valence-corrected chi connectivity index (χ2v) is 13.2. The number of nitrogens with two attached hydrogens (primary N) is 4. The van der Waals surface area contributed by atoms with Crippen LogP contribution in [0.1, 0.15) is 75.8 Å². The molecule has 0 unspecified atom stereocenters. The van der Waals surface area contributed by atoms with E-state index in [4.69, 9.17) is 22.9 Å². The van der Waals surface area contributed by atoms with Gasteiger partial charge in [0.2, 0.25) is 29.5 Å². The summed E-state index contributed by atoms with van der Waals surface area (Å²) in [5, 5.41) is 5.38. The van der Waals surface area contributed by atoms with Crippen molar-refractivity contribution in [1.29, 1.82) is 0 Å². The Labute approximate surface area is 276 Å². The molecule has 10 N–H and O–H groups in total. The molecule has 7 atom stereocenters. The van der Waals surface area contributed by atoms with Crippen LogP contribution in [-0.2, 0) is 30.4 Å².